The van der Waals surface area contributed by atoms with Gasteiger partial charge in [0.25, 0.3) is 0 Å². The molecule has 0 unspecified atom stereocenters. The van der Waals surface area contributed by atoms with E-state index in [0.717, 1.165) is 16.7 Å². The van der Waals surface area contributed by atoms with Crippen molar-refractivity contribution < 1.29 is 14.6 Å². The average Bonchev–Trinajstić information content (AvgIpc) is 2.58. The van der Waals surface area contributed by atoms with Gasteiger partial charge in [-0.15, -0.1) is 0 Å². The Morgan fingerprint density at radius 1 is 1.15 bits per heavy atom. The predicted molar refractivity (Wildman–Crippen MR) is 81.6 cm³/mol. The van der Waals surface area contributed by atoms with Crippen LogP contribution in [0.25, 0.3) is 0 Å². The Bertz CT molecular complexity index is 514. The minimum absolute atomic E-state index is 0.340. The van der Waals surface area contributed by atoms with Crippen LogP contribution in [0.1, 0.15) is 34.6 Å². The molecular weight excluding hydrogens is 251 g/mol. The molecule has 0 atom stereocenters. The van der Waals surface area contributed by atoms with Crippen molar-refractivity contribution in [1.29, 1.82) is 5.41 Å². The van der Waals surface area contributed by atoms with Crippen molar-refractivity contribution in [2.75, 3.05) is 7.05 Å². The fraction of sp³-hybridized carbons (Fsp3) is 0.533. The molecule has 2 aliphatic rings. The highest BCUT2D eigenvalue weighted by Gasteiger charge is 2.52. The van der Waals surface area contributed by atoms with Crippen LogP contribution in [0.2, 0.25) is 0 Å². The van der Waals surface area contributed by atoms with Gasteiger partial charge < -0.3 is 20.0 Å². The lowest BCUT2D eigenvalue weighted by Gasteiger charge is -2.32. The summed E-state index contributed by atoms with van der Waals surface area (Å²) in [5, 5.41) is 10.0. The van der Waals surface area contributed by atoms with Crippen molar-refractivity contribution in [1.82, 2.24) is 0 Å². The lowest BCUT2D eigenvalue weighted by Crippen LogP contribution is -2.77. The van der Waals surface area contributed by atoms with Crippen molar-refractivity contribution in [3.63, 3.8) is 0 Å². The molecule has 108 valence electrons. The minimum Gasteiger partial charge on any atom is -0.399 e. The van der Waals surface area contributed by atoms with E-state index in [-0.39, 0.29) is 18.3 Å². The maximum Gasteiger partial charge on any atom is 0.494 e. The zero-order valence-electron chi connectivity index (χ0n) is 13.2. The molecule has 0 aromatic rings. The molecule has 0 aromatic heterocycles. The minimum atomic E-state index is -0.371. The lowest BCUT2D eigenvalue weighted by molar-refractivity contribution is -0.576. The maximum atomic E-state index is 8.01. The SMILES string of the molecule is C[NH2+]C(C)=C1C=C(B2OC(C)(C)C(C)(C)O2)C=CC1=N. The number of hydrogen-bond acceptors (Lipinski definition) is 3. The lowest BCUT2D eigenvalue weighted by atomic mass is 9.74. The van der Waals surface area contributed by atoms with Gasteiger partial charge in [0.05, 0.1) is 29.5 Å². The summed E-state index contributed by atoms with van der Waals surface area (Å²) in [6.45, 7) is 10.2. The fourth-order valence-electron chi connectivity index (χ4n) is 2.17. The number of hydrogen-bond donors (Lipinski definition) is 2. The molecule has 3 N–H and O–H groups in total. The van der Waals surface area contributed by atoms with Crippen molar-refractivity contribution in [3.05, 3.63) is 35.0 Å². The predicted octanol–water partition coefficient (Wildman–Crippen LogP) is 1.60. The van der Waals surface area contributed by atoms with Crippen LogP contribution in [0.4, 0.5) is 0 Å². The molecule has 5 heteroatoms. The molecule has 0 spiro atoms. The van der Waals surface area contributed by atoms with Gasteiger partial charge >= 0.3 is 7.12 Å². The van der Waals surface area contributed by atoms with Crippen molar-refractivity contribution in [2.45, 2.75) is 45.8 Å². The van der Waals surface area contributed by atoms with E-state index in [1.54, 1.807) is 0 Å². The Morgan fingerprint density at radius 3 is 2.20 bits per heavy atom. The quantitative estimate of drug-likeness (QED) is 0.752. The van der Waals surface area contributed by atoms with E-state index in [2.05, 4.69) is 0 Å². The first kappa shape index (κ1) is 15.2. The third-order valence-electron chi connectivity index (χ3n) is 4.43. The second-order valence-electron chi connectivity index (χ2n) is 6.36. The van der Waals surface area contributed by atoms with E-state index in [1.807, 2.05) is 65.2 Å². The summed E-state index contributed by atoms with van der Waals surface area (Å²) in [5.74, 6) is 0. The van der Waals surface area contributed by atoms with E-state index in [0.29, 0.717) is 5.71 Å². The van der Waals surface area contributed by atoms with E-state index in [9.17, 15) is 0 Å². The molecule has 1 saturated heterocycles. The Balaban J connectivity index is 2.32. The highest BCUT2D eigenvalue weighted by molar-refractivity contribution is 6.56. The zero-order valence-corrected chi connectivity index (χ0v) is 13.2. The summed E-state index contributed by atoms with van der Waals surface area (Å²) in [5.41, 5.74) is 2.84. The van der Waals surface area contributed by atoms with E-state index in [1.165, 1.54) is 0 Å². The van der Waals surface area contributed by atoms with Gasteiger partial charge in [-0.1, -0.05) is 6.08 Å². The number of rotatable bonds is 2. The van der Waals surface area contributed by atoms with Gasteiger partial charge in [0, 0.05) is 6.92 Å². The van der Waals surface area contributed by atoms with Crippen LogP contribution >= 0.6 is 0 Å². The Labute approximate surface area is 121 Å². The van der Waals surface area contributed by atoms with Gasteiger partial charge in [-0.2, -0.15) is 0 Å². The van der Waals surface area contributed by atoms with Crippen LogP contribution in [0.5, 0.6) is 0 Å². The molecule has 0 bridgehead atoms. The molecule has 2 rings (SSSR count). The third-order valence-corrected chi connectivity index (χ3v) is 4.43. The van der Waals surface area contributed by atoms with Gasteiger partial charge in [0.15, 0.2) is 0 Å². The van der Waals surface area contributed by atoms with Crippen LogP contribution in [0.15, 0.2) is 35.0 Å². The highest BCUT2D eigenvalue weighted by Crippen LogP contribution is 2.39. The molecule has 0 amide bonds. The smallest absolute Gasteiger partial charge is 0.399 e. The summed E-state index contributed by atoms with van der Waals surface area (Å²) >= 11 is 0. The third kappa shape index (κ3) is 2.53. The molecule has 0 aromatic carbocycles. The van der Waals surface area contributed by atoms with Gasteiger partial charge in [-0.3, -0.25) is 0 Å². The first-order valence-corrected chi connectivity index (χ1v) is 7.02. The number of nitrogens with one attached hydrogen (secondary N) is 1. The Hall–Kier alpha value is -1.17. The second kappa shape index (κ2) is 4.99. The molecular formula is C15H24BN2O2+. The fourth-order valence-corrected chi connectivity index (χ4v) is 2.17. The topological polar surface area (TPSA) is 58.9 Å². The van der Waals surface area contributed by atoms with Gasteiger partial charge in [0.1, 0.15) is 5.70 Å². The monoisotopic (exact) mass is 275 g/mol. The summed E-state index contributed by atoms with van der Waals surface area (Å²) < 4.78 is 12.1. The normalized spacial score (nSPS) is 26.8. The van der Waals surface area contributed by atoms with E-state index in [4.69, 9.17) is 14.7 Å². The molecule has 4 nitrogen and oxygen atoms in total. The largest absolute Gasteiger partial charge is 0.494 e. The first-order chi connectivity index (χ1) is 9.18. The molecule has 0 radical (unpaired) electrons. The first-order valence-electron chi connectivity index (χ1n) is 7.02. The molecule has 1 heterocycles. The Kier molecular flexibility index (Phi) is 3.80. The number of nitrogens with two attached hydrogens (primary N) is 1. The van der Waals surface area contributed by atoms with E-state index < -0.39 is 0 Å². The molecule has 1 aliphatic heterocycles. The van der Waals surface area contributed by atoms with Crippen LogP contribution in [0, 0.1) is 5.41 Å². The second-order valence-corrected chi connectivity index (χ2v) is 6.36. The maximum absolute atomic E-state index is 8.01. The summed E-state index contributed by atoms with van der Waals surface area (Å²) in [6.07, 6.45) is 5.72. The molecule has 0 saturated carbocycles. The summed E-state index contributed by atoms with van der Waals surface area (Å²) in [6, 6.07) is 0. The molecule has 1 fully saturated rings. The zero-order chi connectivity index (χ0) is 15.1. The van der Waals surface area contributed by atoms with Crippen molar-refractivity contribution >= 4 is 12.8 Å². The summed E-state index contributed by atoms with van der Waals surface area (Å²) in [7, 11) is 1.61. The van der Waals surface area contributed by atoms with Crippen molar-refractivity contribution in [2.24, 2.45) is 0 Å². The van der Waals surface area contributed by atoms with E-state index >= 15 is 0 Å². The van der Waals surface area contributed by atoms with Crippen LogP contribution < -0.4 is 5.32 Å². The number of quaternary nitrogens is 1. The van der Waals surface area contributed by atoms with Crippen LogP contribution in [0.3, 0.4) is 0 Å². The standard InChI is InChI=1S/C15H23BN2O2/c1-10(18-6)12-9-11(7-8-13(12)17)16-19-14(2,3)15(4,5)20-16/h7-9,17-18H,1-6H3/p+1. The molecule has 20 heavy (non-hydrogen) atoms. The van der Waals surface area contributed by atoms with Crippen LogP contribution in [-0.2, 0) is 9.31 Å². The van der Waals surface area contributed by atoms with Gasteiger partial charge in [0.2, 0.25) is 0 Å². The summed E-state index contributed by atoms with van der Waals surface area (Å²) in [4.78, 5) is 0. The Morgan fingerprint density at radius 2 is 1.70 bits per heavy atom. The molecule has 1 aliphatic carbocycles. The highest BCUT2D eigenvalue weighted by atomic mass is 16.7. The van der Waals surface area contributed by atoms with Gasteiger partial charge in [-0.05, 0) is 45.3 Å². The van der Waals surface area contributed by atoms with Crippen molar-refractivity contribution in [3.8, 4) is 0 Å². The average molecular weight is 275 g/mol. The van der Waals surface area contributed by atoms with Crippen LogP contribution in [-0.4, -0.2) is 31.1 Å². The van der Waals surface area contributed by atoms with Gasteiger partial charge in [-0.25, -0.2) is 0 Å². The number of allylic oxidation sites excluding steroid dienone is 6.